The van der Waals surface area contributed by atoms with Crippen LogP contribution in [0.1, 0.15) is 45.4 Å². The number of ether oxygens (including phenoxy) is 1. The van der Waals surface area contributed by atoms with Crippen LogP contribution in [0.15, 0.2) is 42.5 Å². The van der Waals surface area contributed by atoms with Crippen LogP contribution in [0.2, 0.25) is 0 Å². The van der Waals surface area contributed by atoms with Crippen LogP contribution in [0, 0.1) is 5.82 Å². The lowest BCUT2D eigenvalue weighted by molar-refractivity contribution is -0.0742. The number of fused-ring (bicyclic) bond motifs is 3. The smallest absolute Gasteiger partial charge is 0.125 e. The molecule has 0 radical (unpaired) electrons. The van der Waals surface area contributed by atoms with E-state index in [-0.39, 0.29) is 17.0 Å². The Morgan fingerprint density at radius 1 is 1.12 bits per heavy atom. The largest absolute Gasteiger partial charge is 0.507 e. The highest BCUT2D eigenvalue weighted by Gasteiger charge is 2.45. The summed E-state index contributed by atoms with van der Waals surface area (Å²) in [6.45, 7) is 9.07. The summed E-state index contributed by atoms with van der Waals surface area (Å²) in [6, 6.07) is 12.1. The summed E-state index contributed by atoms with van der Waals surface area (Å²) in [5.74, 6) is -0.0106. The number of halogens is 1. The Bertz CT molecular complexity index is 988. The van der Waals surface area contributed by atoms with Gasteiger partial charge < -0.3 is 14.4 Å². The molecule has 26 heavy (non-hydrogen) atoms. The fraction of sp³-hybridized carbons (Fsp3) is 0.364. The molecule has 1 aliphatic heterocycles. The lowest BCUT2D eigenvalue weighted by atomic mass is 9.77. The lowest BCUT2D eigenvalue weighted by Gasteiger charge is -2.42. The molecule has 4 rings (SSSR count). The van der Waals surface area contributed by atoms with Gasteiger partial charge in [-0.1, -0.05) is 26.8 Å². The monoisotopic (exact) mass is 353 g/mol. The van der Waals surface area contributed by atoms with Gasteiger partial charge in [0.05, 0.1) is 17.7 Å². The number of benzene rings is 2. The van der Waals surface area contributed by atoms with Gasteiger partial charge in [-0.05, 0) is 49.7 Å². The van der Waals surface area contributed by atoms with E-state index in [0.29, 0.717) is 6.61 Å². The number of rotatable bonds is 2. The summed E-state index contributed by atoms with van der Waals surface area (Å²) in [4.78, 5) is 0. The summed E-state index contributed by atoms with van der Waals surface area (Å²) < 4.78 is 22.0. The molecule has 1 aliphatic rings. The quantitative estimate of drug-likeness (QED) is 0.668. The van der Waals surface area contributed by atoms with Crippen molar-refractivity contribution < 1.29 is 14.2 Å². The van der Waals surface area contributed by atoms with Crippen LogP contribution in [0.5, 0.6) is 5.75 Å². The second-order valence-electron chi connectivity index (χ2n) is 7.96. The lowest BCUT2D eigenvalue weighted by Crippen LogP contribution is -2.42. The standard InChI is InChI=1S/C22H24FNO2/c1-5-22(4)19-18-16(7-6-8-17(18)25)24(15-11-9-14(23)10-12-15)20(19)21(2,3)13-26-22/h6-12,25H,5,13H2,1-4H3. The topological polar surface area (TPSA) is 34.4 Å². The van der Waals surface area contributed by atoms with Gasteiger partial charge in [-0.15, -0.1) is 0 Å². The number of hydrogen-bond acceptors (Lipinski definition) is 2. The molecule has 2 heterocycles. The van der Waals surface area contributed by atoms with Crippen LogP contribution < -0.4 is 0 Å². The molecule has 0 saturated carbocycles. The van der Waals surface area contributed by atoms with Gasteiger partial charge in [0.25, 0.3) is 0 Å². The van der Waals surface area contributed by atoms with Crippen molar-refractivity contribution in [1.82, 2.24) is 4.57 Å². The van der Waals surface area contributed by atoms with Gasteiger partial charge in [-0.2, -0.15) is 0 Å². The zero-order valence-corrected chi connectivity index (χ0v) is 15.6. The van der Waals surface area contributed by atoms with E-state index in [1.165, 1.54) is 12.1 Å². The van der Waals surface area contributed by atoms with Crippen molar-refractivity contribution >= 4 is 10.9 Å². The molecule has 0 aliphatic carbocycles. The Labute approximate surface area is 153 Å². The first-order valence-corrected chi connectivity index (χ1v) is 9.06. The van der Waals surface area contributed by atoms with Crippen LogP contribution in [-0.4, -0.2) is 16.3 Å². The first-order chi connectivity index (χ1) is 12.3. The van der Waals surface area contributed by atoms with Crippen molar-refractivity contribution in [2.24, 2.45) is 0 Å². The van der Waals surface area contributed by atoms with Gasteiger partial charge in [0.15, 0.2) is 0 Å². The number of phenols is 1. The van der Waals surface area contributed by atoms with Gasteiger partial charge in [-0.3, -0.25) is 0 Å². The summed E-state index contributed by atoms with van der Waals surface area (Å²) in [5, 5.41) is 11.5. The van der Waals surface area contributed by atoms with Crippen LogP contribution in [0.4, 0.5) is 4.39 Å². The molecular formula is C22H24FNO2. The second-order valence-corrected chi connectivity index (χ2v) is 7.96. The summed E-state index contributed by atoms with van der Waals surface area (Å²) in [5.41, 5.74) is 3.23. The van der Waals surface area contributed by atoms with E-state index in [9.17, 15) is 9.50 Å². The molecule has 0 amide bonds. The maximum atomic E-state index is 13.5. The Hall–Kier alpha value is -2.33. The Balaban J connectivity index is 2.20. The fourth-order valence-corrected chi connectivity index (χ4v) is 4.09. The maximum Gasteiger partial charge on any atom is 0.125 e. The van der Waals surface area contributed by atoms with Gasteiger partial charge >= 0.3 is 0 Å². The first-order valence-electron chi connectivity index (χ1n) is 9.06. The molecule has 1 unspecified atom stereocenters. The predicted octanol–water partition coefficient (Wildman–Crippen LogP) is 5.41. The Morgan fingerprint density at radius 3 is 2.46 bits per heavy atom. The van der Waals surface area contributed by atoms with Gasteiger partial charge in [0, 0.05) is 27.7 Å². The van der Waals surface area contributed by atoms with Crippen LogP contribution in [-0.2, 0) is 15.8 Å². The van der Waals surface area contributed by atoms with Gasteiger partial charge in [0.2, 0.25) is 0 Å². The normalized spacial score (nSPS) is 21.7. The van der Waals surface area contributed by atoms with Crippen LogP contribution in [0.25, 0.3) is 16.6 Å². The molecule has 4 heteroatoms. The van der Waals surface area contributed by atoms with Crippen molar-refractivity contribution in [2.75, 3.05) is 6.61 Å². The van der Waals surface area contributed by atoms with Crippen LogP contribution in [0.3, 0.4) is 0 Å². The minimum Gasteiger partial charge on any atom is -0.507 e. The van der Waals surface area contributed by atoms with E-state index in [1.54, 1.807) is 18.2 Å². The third-order valence-electron chi connectivity index (χ3n) is 5.65. The molecule has 136 valence electrons. The number of hydrogen-bond donors (Lipinski definition) is 1. The molecule has 3 aromatic rings. The maximum absolute atomic E-state index is 13.5. The van der Waals surface area contributed by atoms with E-state index in [2.05, 4.69) is 32.3 Å². The molecule has 0 fully saturated rings. The second kappa shape index (κ2) is 5.58. The summed E-state index contributed by atoms with van der Waals surface area (Å²) >= 11 is 0. The number of aromatic nitrogens is 1. The number of nitrogens with zero attached hydrogens (tertiary/aromatic N) is 1. The SMILES string of the molecule is CCC1(C)OCC(C)(C)c2c1c1c(O)cccc1n2-c1ccc(F)cc1. The fourth-order valence-electron chi connectivity index (χ4n) is 4.09. The molecule has 0 bridgehead atoms. The molecule has 3 nitrogen and oxygen atoms in total. The zero-order valence-electron chi connectivity index (χ0n) is 15.6. The average Bonchev–Trinajstić information content (AvgIpc) is 2.98. The average molecular weight is 353 g/mol. The summed E-state index contributed by atoms with van der Waals surface area (Å²) in [6.07, 6.45) is 0.799. The number of phenolic OH excluding ortho intramolecular Hbond substituents is 1. The molecular weight excluding hydrogens is 329 g/mol. The minimum atomic E-state index is -0.479. The van der Waals surface area contributed by atoms with Crippen molar-refractivity contribution in [3.63, 3.8) is 0 Å². The Kier molecular flexibility index (Phi) is 3.67. The van der Waals surface area contributed by atoms with Crippen molar-refractivity contribution in [3.05, 3.63) is 59.5 Å². The van der Waals surface area contributed by atoms with E-state index < -0.39 is 5.60 Å². The van der Waals surface area contributed by atoms with E-state index in [4.69, 9.17) is 4.74 Å². The number of aromatic hydroxyl groups is 1. The molecule has 1 N–H and O–H groups in total. The van der Waals surface area contributed by atoms with E-state index in [0.717, 1.165) is 34.3 Å². The van der Waals surface area contributed by atoms with Gasteiger partial charge in [-0.25, -0.2) is 4.39 Å². The van der Waals surface area contributed by atoms with Crippen molar-refractivity contribution in [3.8, 4) is 11.4 Å². The molecule has 0 saturated heterocycles. The van der Waals surface area contributed by atoms with E-state index >= 15 is 0 Å². The van der Waals surface area contributed by atoms with E-state index in [1.807, 2.05) is 12.1 Å². The minimum absolute atomic E-state index is 0.246. The third kappa shape index (κ3) is 2.28. The highest BCUT2D eigenvalue weighted by Crippen LogP contribution is 2.50. The first kappa shape index (κ1) is 17.1. The summed E-state index contributed by atoms with van der Waals surface area (Å²) in [7, 11) is 0. The zero-order chi connectivity index (χ0) is 18.7. The van der Waals surface area contributed by atoms with Crippen LogP contribution >= 0.6 is 0 Å². The molecule has 2 aromatic carbocycles. The third-order valence-corrected chi connectivity index (χ3v) is 5.65. The molecule has 1 atom stereocenters. The van der Waals surface area contributed by atoms with Crippen molar-refractivity contribution in [2.45, 2.75) is 45.1 Å². The molecule has 0 spiro atoms. The predicted molar refractivity (Wildman–Crippen MR) is 102 cm³/mol. The van der Waals surface area contributed by atoms with Crippen molar-refractivity contribution in [1.29, 1.82) is 0 Å². The highest BCUT2D eigenvalue weighted by atomic mass is 19.1. The van der Waals surface area contributed by atoms with Gasteiger partial charge in [0.1, 0.15) is 11.6 Å². The molecule has 1 aromatic heterocycles. The Morgan fingerprint density at radius 2 is 1.81 bits per heavy atom. The highest BCUT2D eigenvalue weighted by molar-refractivity contribution is 5.94.